The number of carbonyl (C=O) groups excluding carboxylic acids is 4. The molecule has 282 valence electrons. The van der Waals surface area contributed by atoms with Crippen molar-refractivity contribution in [2.75, 3.05) is 0 Å². The number of amides is 4. The molecule has 0 heterocycles. The first-order valence-corrected chi connectivity index (χ1v) is 16.9. The highest BCUT2D eigenvalue weighted by Crippen LogP contribution is 2.23. The van der Waals surface area contributed by atoms with Crippen molar-refractivity contribution in [2.24, 2.45) is 23.5 Å². The molecular weight excluding hydrogens is 671 g/mol. The van der Waals surface area contributed by atoms with Gasteiger partial charge >= 0.3 is 12.3 Å². The molecule has 0 bridgehead atoms. The van der Waals surface area contributed by atoms with E-state index in [2.05, 4.69) is 26.0 Å². The number of benzene rings is 2. The van der Waals surface area contributed by atoms with Crippen LogP contribution in [0.2, 0.25) is 0 Å². The molecule has 6 atom stereocenters. The Morgan fingerprint density at radius 1 is 0.765 bits per heavy atom. The summed E-state index contributed by atoms with van der Waals surface area (Å²) in [4.78, 5) is 64.8. The number of halogens is 3. The molecule has 0 unspecified atom stereocenters. The van der Waals surface area contributed by atoms with E-state index in [4.69, 9.17) is 5.73 Å². The van der Waals surface area contributed by atoms with Crippen LogP contribution in [0.4, 0.5) is 13.2 Å². The van der Waals surface area contributed by atoms with Crippen LogP contribution in [0.3, 0.4) is 0 Å². The number of hydrogen-bond donors (Lipinski definition) is 6. The van der Waals surface area contributed by atoms with Crippen molar-refractivity contribution in [2.45, 2.75) is 104 Å². The fourth-order valence-electron chi connectivity index (χ4n) is 5.29. The van der Waals surface area contributed by atoms with Crippen molar-refractivity contribution in [3.63, 3.8) is 0 Å². The lowest BCUT2D eigenvalue weighted by molar-refractivity contribution is -0.274. The van der Waals surface area contributed by atoms with Gasteiger partial charge in [-0.2, -0.15) is 0 Å². The Balaban J connectivity index is 2.21. The van der Waals surface area contributed by atoms with Crippen LogP contribution in [-0.4, -0.2) is 71.3 Å². The van der Waals surface area contributed by atoms with Gasteiger partial charge in [-0.15, -0.1) is 13.2 Å². The zero-order chi connectivity index (χ0) is 38.5. The normalized spacial score (nSPS) is 15.1. The summed E-state index contributed by atoms with van der Waals surface area (Å²) in [5.74, 6) is -5.28. The molecule has 0 radical (unpaired) electrons. The first-order valence-electron chi connectivity index (χ1n) is 16.9. The average molecular weight is 722 g/mol. The second-order valence-electron chi connectivity index (χ2n) is 13.3. The quantitative estimate of drug-likeness (QED) is 0.127. The number of hydrogen-bond acceptors (Lipinski definition) is 7. The predicted octanol–water partition coefficient (Wildman–Crippen LogP) is 3.47. The highest BCUT2D eigenvalue weighted by atomic mass is 19.4. The fourth-order valence-corrected chi connectivity index (χ4v) is 5.29. The average Bonchev–Trinajstić information content (AvgIpc) is 3.03. The Morgan fingerprint density at radius 3 is 1.88 bits per heavy atom. The zero-order valence-electron chi connectivity index (χ0n) is 29.8. The maximum Gasteiger partial charge on any atom is 0.573 e. The lowest BCUT2D eigenvalue weighted by Crippen LogP contribution is -2.58. The third-order valence-electron chi connectivity index (χ3n) is 8.37. The van der Waals surface area contributed by atoms with Gasteiger partial charge in [-0.25, -0.2) is 4.79 Å². The van der Waals surface area contributed by atoms with Gasteiger partial charge in [0.25, 0.3) is 0 Å². The Morgan fingerprint density at radius 2 is 1.33 bits per heavy atom. The largest absolute Gasteiger partial charge is 0.573 e. The number of carboxylic acid groups (broad SMARTS) is 1. The predicted molar refractivity (Wildman–Crippen MR) is 184 cm³/mol. The van der Waals surface area contributed by atoms with Crippen molar-refractivity contribution < 1.29 is 47.0 Å². The molecule has 0 aliphatic carbocycles. The van der Waals surface area contributed by atoms with Gasteiger partial charge in [0.1, 0.15) is 23.9 Å². The van der Waals surface area contributed by atoms with Gasteiger partial charge in [-0.1, -0.05) is 90.4 Å². The molecule has 15 heteroatoms. The van der Waals surface area contributed by atoms with Crippen LogP contribution in [0.25, 0.3) is 0 Å². The van der Waals surface area contributed by atoms with Crippen LogP contribution in [0.15, 0.2) is 54.6 Å². The Labute approximate surface area is 296 Å². The van der Waals surface area contributed by atoms with E-state index in [9.17, 15) is 42.3 Å². The summed E-state index contributed by atoms with van der Waals surface area (Å²) in [6.45, 7) is 10.3. The third-order valence-corrected chi connectivity index (χ3v) is 8.37. The number of alkyl halides is 3. The topological polar surface area (TPSA) is 189 Å². The maximum absolute atomic E-state index is 13.7. The van der Waals surface area contributed by atoms with Gasteiger partial charge in [0, 0.05) is 18.5 Å². The summed E-state index contributed by atoms with van der Waals surface area (Å²) in [7, 11) is 0. The smallest absolute Gasteiger partial charge is 0.480 e. The van der Waals surface area contributed by atoms with E-state index >= 15 is 0 Å². The van der Waals surface area contributed by atoms with Crippen molar-refractivity contribution >= 4 is 29.6 Å². The summed E-state index contributed by atoms with van der Waals surface area (Å²) in [6.07, 6.45) is -4.81. The van der Waals surface area contributed by atoms with E-state index in [-0.39, 0.29) is 30.7 Å². The van der Waals surface area contributed by atoms with Crippen LogP contribution in [0.1, 0.15) is 65.5 Å². The first-order chi connectivity index (χ1) is 23.8. The molecule has 0 saturated carbocycles. The second kappa shape index (κ2) is 19.7. The lowest BCUT2D eigenvalue weighted by Gasteiger charge is -2.30. The van der Waals surface area contributed by atoms with E-state index in [0.717, 1.165) is 17.7 Å². The van der Waals surface area contributed by atoms with Crippen molar-refractivity contribution in [1.82, 2.24) is 21.3 Å². The molecule has 12 nitrogen and oxygen atoms in total. The number of carbonyl (C=O) groups is 5. The Hall–Kier alpha value is -4.66. The zero-order valence-corrected chi connectivity index (χ0v) is 29.8. The van der Waals surface area contributed by atoms with E-state index in [0.29, 0.717) is 6.42 Å². The molecule has 2 rings (SSSR count). The molecule has 0 saturated heterocycles. The molecule has 7 N–H and O–H groups in total. The minimum Gasteiger partial charge on any atom is -0.480 e. The lowest BCUT2D eigenvalue weighted by atomic mass is 9.94. The number of nitrogens with one attached hydrogen (secondary N) is 4. The summed E-state index contributed by atoms with van der Waals surface area (Å²) in [5, 5.41) is 20.3. The van der Waals surface area contributed by atoms with Crippen LogP contribution in [0.5, 0.6) is 5.75 Å². The van der Waals surface area contributed by atoms with E-state index < -0.39 is 83.8 Å². The molecule has 0 fully saturated rings. The van der Waals surface area contributed by atoms with Crippen LogP contribution in [0, 0.1) is 17.8 Å². The summed E-state index contributed by atoms with van der Waals surface area (Å²) >= 11 is 0. The SMILES string of the molecule is CC[C@H](C)[C@H](NC(=O)C[C@H](N)[C@H](Cc1ccccc1)NC(=O)[C@@H](NC(=O)Cc1cccc(OC(F)(F)F)c1)C(C)C)C(=O)N[C@H](C(=O)O)C(C)C. The standard InChI is InChI=1S/C36H50F3N5O7/c1-7-22(6)32(34(48)44-31(21(4)5)35(49)50)43-29(46)19-26(40)27(17-23-12-9-8-10-13-23)41-33(47)30(20(2)3)42-28(45)18-24-14-11-15-25(16-24)51-36(37,38)39/h8-16,20-22,26-27,30-32H,7,17-19,40H2,1-6H3,(H,41,47)(H,42,45)(H,43,46)(H,44,48)(H,49,50)/t22-,26-,27-,30-,31-,32-/m0/s1. The van der Waals surface area contributed by atoms with E-state index in [1.54, 1.807) is 46.8 Å². The molecule has 4 amide bonds. The van der Waals surface area contributed by atoms with Gasteiger partial charge in [0.15, 0.2) is 0 Å². The van der Waals surface area contributed by atoms with Gasteiger partial charge in [0.2, 0.25) is 23.6 Å². The number of nitrogens with two attached hydrogens (primary N) is 1. The molecule has 0 aliphatic rings. The molecule has 0 aromatic heterocycles. The summed E-state index contributed by atoms with van der Waals surface area (Å²) in [5.41, 5.74) is 7.58. The molecule has 2 aromatic rings. The van der Waals surface area contributed by atoms with Crippen LogP contribution in [-0.2, 0) is 36.8 Å². The van der Waals surface area contributed by atoms with Gasteiger partial charge in [0.05, 0.1) is 6.42 Å². The molecule has 2 aromatic carbocycles. The van der Waals surface area contributed by atoms with E-state index in [1.807, 2.05) is 25.1 Å². The Kier molecular flexibility index (Phi) is 16.4. The molecule has 0 aliphatic heterocycles. The number of aliphatic carboxylic acids is 1. The molecule has 0 spiro atoms. The van der Waals surface area contributed by atoms with Gasteiger partial charge < -0.3 is 36.8 Å². The number of rotatable bonds is 19. The van der Waals surface area contributed by atoms with Crippen LogP contribution < -0.4 is 31.7 Å². The van der Waals surface area contributed by atoms with Gasteiger partial charge in [-0.05, 0) is 47.4 Å². The monoisotopic (exact) mass is 721 g/mol. The third kappa shape index (κ3) is 14.6. The Bertz CT molecular complexity index is 1470. The van der Waals surface area contributed by atoms with E-state index in [1.165, 1.54) is 12.1 Å². The summed E-state index contributed by atoms with van der Waals surface area (Å²) in [6, 6.07) is 8.99. The van der Waals surface area contributed by atoms with Gasteiger partial charge in [-0.3, -0.25) is 19.2 Å². The summed E-state index contributed by atoms with van der Waals surface area (Å²) < 4.78 is 41.9. The highest BCUT2D eigenvalue weighted by molar-refractivity contribution is 5.91. The first kappa shape index (κ1) is 42.5. The number of carboxylic acids is 1. The highest BCUT2D eigenvalue weighted by Gasteiger charge is 2.34. The molecule has 51 heavy (non-hydrogen) atoms. The van der Waals surface area contributed by atoms with Crippen molar-refractivity contribution in [3.8, 4) is 5.75 Å². The van der Waals surface area contributed by atoms with Crippen LogP contribution >= 0.6 is 0 Å². The minimum absolute atomic E-state index is 0.218. The van der Waals surface area contributed by atoms with Crippen molar-refractivity contribution in [1.29, 1.82) is 0 Å². The van der Waals surface area contributed by atoms with Crippen molar-refractivity contribution in [3.05, 3.63) is 65.7 Å². The minimum atomic E-state index is -4.90. The molecular formula is C36H50F3N5O7. The fraction of sp³-hybridized carbons (Fsp3) is 0.528. The maximum atomic E-state index is 13.7. The number of ether oxygens (including phenoxy) is 1. The second-order valence-corrected chi connectivity index (χ2v) is 13.3.